The Morgan fingerprint density at radius 2 is 2.08 bits per heavy atom. The first kappa shape index (κ1) is 20.7. The van der Waals surface area contributed by atoms with Crippen LogP contribution in [0.5, 0.6) is 0 Å². The number of amides is 2. The molecule has 1 aromatic carbocycles. The van der Waals surface area contributed by atoms with Gasteiger partial charge in [-0.25, -0.2) is 0 Å². The summed E-state index contributed by atoms with van der Waals surface area (Å²) >= 11 is 7.37. The molecule has 1 aliphatic rings. The highest BCUT2D eigenvalue weighted by Gasteiger charge is 2.26. The first-order chi connectivity index (χ1) is 12.0. The lowest BCUT2D eigenvalue weighted by Gasteiger charge is -2.33. The Morgan fingerprint density at radius 3 is 2.77 bits per heavy atom. The van der Waals surface area contributed by atoms with Crippen LogP contribution >= 0.6 is 35.3 Å². The van der Waals surface area contributed by atoms with Gasteiger partial charge in [-0.05, 0) is 37.6 Å². The number of halogens is 2. The predicted octanol–water partition coefficient (Wildman–Crippen LogP) is 3.82. The molecule has 2 aromatic rings. The summed E-state index contributed by atoms with van der Waals surface area (Å²) in [6.07, 6.45) is 0. The first-order valence-electron chi connectivity index (χ1n) is 8.15. The van der Waals surface area contributed by atoms with Gasteiger partial charge in [0.2, 0.25) is 0 Å². The highest BCUT2D eigenvalue weighted by molar-refractivity contribution is 7.18. The van der Waals surface area contributed by atoms with Gasteiger partial charge in [0, 0.05) is 25.7 Å². The molecule has 2 N–H and O–H groups in total. The average molecular weight is 414 g/mol. The molecule has 140 valence electrons. The van der Waals surface area contributed by atoms with Gasteiger partial charge < -0.3 is 15.5 Å². The van der Waals surface area contributed by atoms with E-state index in [4.69, 9.17) is 11.6 Å². The van der Waals surface area contributed by atoms with Crippen molar-refractivity contribution in [2.24, 2.45) is 0 Å². The van der Waals surface area contributed by atoms with Crippen molar-refractivity contribution in [1.82, 2.24) is 10.2 Å². The average Bonchev–Trinajstić information content (AvgIpc) is 2.95. The Kier molecular flexibility index (Phi) is 7.06. The lowest BCUT2D eigenvalue weighted by Crippen LogP contribution is -2.52. The van der Waals surface area contributed by atoms with Crippen LogP contribution in [0.4, 0.5) is 5.00 Å². The second-order valence-corrected chi connectivity index (χ2v) is 7.57. The molecule has 1 saturated heterocycles. The molecule has 0 saturated carbocycles. The molecule has 1 aliphatic heterocycles. The maximum absolute atomic E-state index is 12.8. The molecule has 0 spiro atoms. The minimum Gasteiger partial charge on any atom is -0.333 e. The summed E-state index contributed by atoms with van der Waals surface area (Å²) in [4.78, 5) is 27.8. The van der Waals surface area contributed by atoms with Crippen LogP contribution in [0.1, 0.15) is 32.5 Å². The number of carbonyl (C=O) groups excluding carboxylic acids is 2. The molecule has 2 heterocycles. The molecule has 1 atom stereocenters. The molecule has 1 fully saturated rings. The monoisotopic (exact) mass is 413 g/mol. The number of piperazine rings is 1. The summed E-state index contributed by atoms with van der Waals surface area (Å²) in [6, 6.07) is 8.88. The normalized spacial score (nSPS) is 16.7. The van der Waals surface area contributed by atoms with E-state index < -0.39 is 0 Å². The van der Waals surface area contributed by atoms with E-state index in [0.717, 1.165) is 18.7 Å². The minimum atomic E-state index is -0.276. The van der Waals surface area contributed by atoms with Gasteiger partial charge in [-0.1, -0.05) is 23.7 Å². The van der Waals surface area contributed by atoms with Crippen LogP contribution in [0, 0.1) is 6.92 Å². The molecular weight excluding hydrogens is 393 g/mol. The van der Waals surface area contributed by atoms with Gasteiger partial charge in [0.1, 0.15) is 0 Å². The maximum Gasteiger partial charge on any atom is 0.264 e. The molecule has 0 unspecified atom stereocenters. The number of benzene rings is 1. The zero-order valence-corrected chi connectivity index (χ0v) is 16.9. The standard InChI is InChI=1S/C18H20ClN3O2S.ClH/c1-11-9-15(21-17(23)13-5-3-4-6-14(13)19)25-16(11)18(24)22-8-7-20-10-12(22)2;/h3-6,9,12,20H,7-8,10H2,1-2H3,(H,21,23);1H/t12-;/m0./s1. The molecule has 5 nitrogen and oxygen atoms in total. The highest BCUT2D eigenvalue weighted by atomic mass is 35.5. The van der Waals surface area contributed by atoms with Crippen LogP contribution in [0.3, 0.4) is 0 Å². The van der Waals surface area contributed by atoms with Gasteiger partial charge in [-0.3, -0.25) is 9.59 Å². The van der Waals surface area contributed by atoms with Gasteiger partial charge in [0.05, 0.1) is 20.5 Å². The summed E-state index contributed by atoms with van der Waals surface area (Å²) < 4.78 is 0. The Hall–Kier alpha value is -1.60. The molecule has 0 bridgehead atoms. The van der Waals surface area contributed by atoms with Crippen molar-refractivity contribution in [2.45, 2.75) is 19.9 Å². The highest BCUT2D eigenvalue weighted by Crippen LogP contribution is 2.29. The minimum absolute atomic E-state index is 0. The van der Waals surface area contributed by atoms with Crippen molar-refractivity contribution in [3.8, 4) is 0 Å². The van der Waals surface area contributed by atoms with Crippen molar-refractivity contribution in [3.05, 3.63) is 51.4 Å². The number of anilines is 1. The number of nitrogens with one attached hydrogen (secondary N) is 2. The van der Waals surface area contributed by atoms with E-state index in [2.05, 4.69) is 10.6 Å². The first-order valence-corrected chi connectivity index (χ1v) is 9.35. The van der Waals surface area contributed by atoms with Crippen LogP contribution < -0.4 is 10.6 Å². The van der Waals surface area contributed by atoms with E-state index in [1.165, 1.54) is 11.3 Å². The SMILES string of the molecule is Cc1cc(NC(=O)c2ccccc2Cl)sc1C(=O)N1CCNC[C@@H]1C.Cl. The smallest absolute Gasteiger partial charge is 0.264 e. The van der Waals surface area contributed by atoms with Gasteiger partial charge in [-0.15, -0.1) is 23.7 Å². The second kappa shape index (κ2) is 8.86. The van der Waals surface area contributed by atoms with Gasteiger partial charge >= 0.3 is 0 Å². The van der Waals surface area contributed by atoms with Gasteiger partial charge in [0.15, 0.2) is 0 Å². The molecule has 1 aromatic heterocycles. The zero-order valence-electron chi connectivity index (χ0n) is 14.5. The number of thiophene rings is 1. The lowest BCUT2D eigenvalue weighted by molar-refractivity contribution is 0.0660. The van der Waals surface area contributed by atoms with Gasteiger partial charge in [-0.2, -0.15) is 0 Å². The molecule has 0 aliphatic carbocycles. The molecule has 8 heteroatoms. The van der Waals surface area contributed by atoms with Crippen LogP contribution in [0.25, 0.3) is 0 Å². The maximum atomic E-state index is 12.8. The van der Waals surface area contributed by atoms with E-state index in [1.54, 1.807) is 24.3 Å². The van der Waals surface area contributed by atoms with E-state index in [0.29, 0.717) is 27.0 Å². The van der Waals surface area contributed by atoms with Crippen molar-refractivity contribution in [3.63, 3.8) is 0 Å². The van der Waals surface area contributed by atoms with E-state index in [9.17, 15) is 9.59 Å². The number of hydrogen-bond acceptors (Lipinski definition) is 4. The van der Waals surface area contributed by atoms with Crippen molar-refractivity contribution < 1.29 is 9.59 Å². The van der Waals surface area contributed by atoms with Crippen LogP contribution in [-0.4, -0.2) is 42.4 Å². The summed E-state index contributed by atoms with van der Waals surface area (Å²) in [5.41, 5.74) is 1.29. The lowest BCUT2D eigenvalue weighted by atomic mass is 10.2. The van der Waals surface area contributed by atoms with E-state index >= 15 is 0 Å². The number of hydrogen-bond donors (Lipinski definition) is 2. The second-order valence-electron chi connectivity index (χ2n) is 6.11. The summed E-state index contributed by atoms with van der Waals surface area (Å²) in [7, 11) is 0. The third kappa shape index (κ3) is 4.38. The number of nitrogens with zero attached hydrogens (tertiary/aromatic N) is 1. The van der Waals surface area contributed by atoms with E-state index in [1.807, 2.05) is 24.8 Å². The van der Waals surface area contributed by atoms with E-state index in [-0.39, 0.29) is 30.3 Å². The largest absolute Gasteiger partial charge is 0.333 e. The summed E-state index contributed by atoms with van der Waals surface area (Å²) in [6.45, 7) is 6.22. The van der Waals surface area contributed by atoms with Crippen LogP contribution in [0.2, 0.25) is 5.02 Å². The van der Waals surface area contributed by atoms with Crippen LogP contribution in [-0.2, 0) is 0 Å². The topological polar surface area (TPSA) is 61.4 Å². The fraction of sp³-hybridized carbons (Fsp3) is 0.333. The Balaban J connectivity index is 0.00000243. The zero-order chi connectivity index (χ0) is 18.0. The molecular formula is C18H21Cl2N3O2S. The van der Waals surface area contributed by atoms with Crippen LogP contribution in [0.15, 0.2) is 30.3 Å². The molecule has 2 amide bonds. The quantitative estimate of drug-likeness (QED) is 0.803. The molecule has 3 rings (SSSR count). The fourth-order valence-electron chi connectivity index (χ4n) is 2.85. The Labute approximate surface area is 168 Å². The predicted molar refractivity (Wildman–Crippen MR) is 109 cm³/mol. The summed E-state index contributed by atoms with van der Waals surface area (Å²) in [5, 5.41) is 7.17. The Morgan fingerprint density at radius 1 is 1.35 bits per heavy atom. The summed E-state index contributed by atoms with van der Waals surface area (Å²) in [5.74, 6) is -0.254. The number of rotatable bonds is 3. The Bertz CT molecular complexity index is 809. The third-order valence-electron chi connectivity index (χ3n) is 4.23. The fourth-order valence-corrected chi connectivity index (χ4v) is 4.10. The van der Waals surface area contributed by atoms with Crippen molar-refractivity contribution in [2.75, 3.05) is 25.0 Å². The third-order valence-corrected chi connectivity index (χ3v) is 5.70. The van der Waals surface area contributed by atoms with Crippen molar-refractivity contribution >= 4 is 52.2 Å². The number of carbonyl (C=O) groups is 2. The molecule has 26 heavy (non-hydrogen) atoms. The van der Waals surface area contributed by atoms with Crippen molar-refractivity contribution in [1.29, 1.82) is 0 Å². The number of aryl methyl sites for hydroxylation is 1. The molecule has 0 radical (unpaired) electrons. The van der Waals surface area contributed by atoms with Gasteiger partial charge in [0.25, 0.3) is 11.8 Å².